The number of alkyl halides is 2. The van der Waals surface area contributed by atoms with Gasteiger partial charge in [0.15, 0.2) is 0 Å². The summed E-state index contributed by atoms with van der Waals surface area (Å²) >= 11 is 1.36. The van der Waals surface area contributed by atoms with Crippen LogP contribution in [0.2, 0.25) is 0 Å². The molecule has 0 radical (unpaired) electrons. The van der Waals surface area contributed by atoms with Crippen molar-refractivity contribution in [3.05, 3.63) is 52.5 Å². The van der Waals surface area contributed by atoms with Gasteiger partial charge in [-0.2, -0.15) is 0 Å². The third kappa shape index (κ3) is 5.72. The van der Waals surface area contributed by atoms with Gasteiger partial charge in [-0.3, -0.25) is 19.2 Å². The fourth-order valence-electron chi connectivity index (χ4n) is 4.52. The Hall–Kier alpha value is -3.21. The van der Waals surface area contributed by atoms with Gasteiger partial charge in [-0.05, 0) is 25.3 Å². The Morgan fingerprint density at radius 3 is 2.43 bits per heavy atom. The Bertz CT molecular complexity index is 1080. The van der Waals surface area contributed by atoms with Gasteiger partial charge in [-0.15, -0.1) is 11.3 Å². The number of hydrogen-bond donors (Lipinski definition) is 3. The van der Waals surface area contributed by atoms with E-state index < -0.39 is 59.3 Å². The van der Waals surface area contributed by atoms with Gasteiger partial charge in [0, 0.05) is 29.6 Å². The zero-order valence-corrected chi connectivity index (χ0v) is 19.8. The quantitative estimate of drug-likeness (QED) is 0.427. The van der Waals surface area contributed by atoms with Crippen LogP contribution in [-0.4, -0.2) is 46.5 Å². The van der Waals surface area contributed by atoms with Crippen molar-refractivity contribution < 1.29 is 28.0 Å². The topological polar surface area (TPSA) is 117 Å². The summed E-state index contributed by atoms with van der Waals surface area (Å²) in [7, 11) is 0. The first kappa shape index (κ1) is 24.9. The second kappa shape index (κ2) is 10.2. The number of hydrogen-bond acceptors (Lipinski definition) is 6. The summed E-state index contributed by atoms with van der Waals surface area (Å²) in [5, 5.41) is 9.38. The van der Waals surface area contributed by atoms with Crippen LogP contribution < -0.4 is 16.0 Å². The minimum Gasteiger partial charge on any atom is -0.344 e. The molecule has 3 amide bonds. The van der Waals surface area contributed by atoms with Gasteiger partial charge in [-0.1, -0.05) is 30.3 Å². The lowest BCUT2D eigenvalue weighted by Gasteiger charge is -2.22. The summed E-state index contributed by atoms with van der Waals surface area (Å²) in [5.41, 5.74) is 2.96. The van der Waals surface area contributed by atoms with Crippen LogP contribution in [0.25, 0.3) is 0 Å². The van der Waals surface area contributed by atoms with Crippen molar-refractivity contribution >= 4 is 34.8 Å². The van der Waals surface area contributed by atoms with Crippen LogP contribution in [0, 0.1) is 17.8 Å². The summed E-state index contributed by atoms with van der Waals surface area (Å²) in [4.78, 5) is 54.7. The smallest absolute Gasteiger partial charge is 0.289 e. The van der Waals surface area contributed by atoms with Gasteiger partial charge in [-0.25, -0.2) is 13.8 Å². The predicted octanol–water partition coefficient (Wildman–Crippen LogP) is 1.85. The minimum absolute atomic E-state index is 0.0783. The molecule has 35 heavy (non-hydrogen) atoms. The summed E-state index contributed by atoms with van der Waals surface area (Å²) in [5.74, 6) is -7.52. The van der Waals surface area contributed by atoms with E-state index in [4.69, 9.17) is 0 Å². The summed E-state index contributed by atoms with van der Waals surface area (Å²) in [6.45, 7) is 1.53. The Morgan fingerprint density at radius 2 is 1.80 bits per heavy atom. The molecule has 2 saturated carbocycles. The van der Waals surface area contributed by atoms with Gasteiger partial charge in [0.05, 0.1) is 17.7 Å². The number of nitrogens with zero attached hydrogens (tertiary/aromatic N) is 1. The Kier molecular flexibility index (Phi) is 7.25. The molecule has 11 heteroatoms. The second-order valence-corrected chi connectivity index (χ2v) is 9.78. The molecule has 4 rings (SSSR count). The second-order valence-electron chi connectivity index (χ2n) is 9.06. The summed E-state index contributed by atoms with van der Waals surface area (Å²) in [6, 6.07) is 6.73. The lowest BCUT2D eigenvalue weighted by molar-refractivity contribution is -0.140. The van der Waals surface area contributed by atoms with Crippen molar-refractivity contribution in [1.82, 2.24) is 20.9 Å². The standard InChI is InChI=1S/C24H26F2N4O4S/c1-13(29-22(33)15-8-17-18(9-15)24(17,25)26)21(32)30-19(7-14-5-3-2-4-6-14)20(31)23(34)27-10-16-11-35-12-28-16/h2-6,11-13,15,17-19H,7-10H2,1H3,(H,27,34)(H,29,33)(H,30,32)/t13-,15?,17-,18+,19-/m1/s1. The summed E-state index contributed by atoms with van der Waals surface area (Å²) in [6.07, 6.45) is 0.287. The number of ketones is 1. The fraction of sp³-hybridized carbons (Fsp3) is 0.458. The molecule has 1 aromatic heterocycles. The average Bonchev–Trinajstić information content (AvgIpc) is 3.33. The highest BCUT2D eigenvalue weighted by Gasteiger charge is 2.72. The van der Waals surface area contributed by atoms with E-state index in [1.807, 2.05) is 0 Å². The van der Waals surface area contributed by atoms with E-state index in [0.29, 0.717) is 5.69 Å². The number of thiazole rings is 1. The number of fused-ring (bicyclic) bond motifs is 1. The zero-order valence-electron chi connectivity index (χ0n) is 19.0. The Balaban J connectivity index is 1.35. The first-order valence-corrected chi connectivity index (χ1v) is 12.3. The molecular formula is C24H26F2N4O4S. The maximum absolute atomic E-state index is 13.4. The molecule has 0 spiro atoms. The number of aromatic nitrogens is 1. The molecule has 2 fully saturated rings. The third-order valence-corrected chi connectivity index (χ3v) is 7.25. The van der Waals surface area contributed by atoms with Crippen LogP contribution in [0.3, 0.4) is 0 Å². The zero-order chi connectivity index (χ0) is 25.2. The molecule has 5 atom stereocenters. The third-order valence-electron chi connectivity index (χ3n) is 6.62. The van der Waals surface area contributed by atoms with E-state index in [1.54, 1.807) is 41.2 Å². The minimum atomic E-state index is -2.68. The van der Waals surface area contributed by atoms with E-state index in [9.17, 15) is 28.0 Å². The lowest BCUT2D eigenvalue weighted by Crippen LogP contribution is -2.54. The van der Waals surface area contributed by atoms with E-state index in [2.05, 4.69) is 20.9 Å². The average molecular weight is 505 g/mol. The van der Waals surface area contributed by atoms with E-state index >= 15 is 0 Å². The fourth-order valence-corrected chi connectivity index (χ4v) is 5.08. The van der Waals surface area contributed by atoms with Gasteiger partial charge in [0.1, 0.15) is 12.1 Å². The number of nitrogens with one attached hydrogen (secondary N) is 3. The van der Waals surface area contributed by atoms with E-state index in [1.165, 1.54) is 18.3 Å². The van der Waals surface area contributed by atoms with Crippen LogP contribution in [0.1, 0.15) is 31.0 Å². The molecule has 8 nitrogen and oxygen atoms in total. The van der Waals surface area contributed by atoms with Crippen LogP contribution in [0.4, 0.5) is 8.78 Å². The molecule has 1 heterocycles. The first-order valence-electron chi connectivity index (χ1n) is 11.4. The highest BCUT2D eigenvalue weighted by Crippen LogP contribution is 2.65. The molecule has 186 valence electrons. The molecule has 2 aliphatic carbocycles. The first-order chi connectivity index (χ1) is 16.7. The van der Waals surface area contributed by atoms with Crippen molar-refractivity contribution in [3.8, 4) is 0 Å². The van der Waals surface area contributed by atoms with Crippen molar-refractivity contribution in [2.75, 3.05) is 0 Å². The molecular weight excluding hydrogens is 478 g/mol. The number of carbonyl (C=O) groups excluding carboxylic acids is 4. The molecule has 3 N–H and O–H groups in total. The number of rotatable bonds is 10. The highest BCUT2D eigenvalue weighted by atomic mass is 32.1. The molecule has 1 aromatic carbocycles. The van der Waals surface area contributed by atoms with Gasteiger partial charge in [0.25, 0.3) is 11.8 Å². The normalized spacial score (nSPS) is 23.5. The lowest BCUT2D eigenvalue weighted by atomic mass is 10.0. The number of halogens is 2. The van der Waals surface area contributed by atoms with Crippen LogP contribution >= 0.6 is 11.3 Å². The van der Waals surface area contributed by atoms with Crippen molar-refractivity contribution in [1.29, 1.82) is 0 Å². The largest absolute Gasteiger partial charge is 0.344 e. The maximum atomic E-state index is 13.4. The molecule has 2 aliphatic rings. The maximum Gasteiger partial charge on any atom is 0.289 e. The van der Waals surface area contributed by atoms with Crippen LogP contribution in [0.5, 0.6) is 0 Å². The van der Waals surface area contributed by atoms with Gasteiger partial charge < -0.3 is 16.0 Å². The summed E-state index contributed by atoms with van der Waals surface area (Å²) < 4.78 is 26.8. The highest BCUT2D eigenvalue weighted by molar-refractivity contribution is 7.07. The molecule has 2 aromatic rings. The van der Waals surface area contributed by atoms with Gasteiger partial charge in [0.2, 0.25) is 17.6 Å². The van der Waals surface area contributed by atoms with Crippen LogP contribution in [-0.2, 0) is 32.1 Å². The number of amides is 3. The molecule has 1 unspecified atom stereocenters. The van der Waals surface area contributed by atoms with E-state index in [-0.39, 0.29) is 25.8 Å². The molecule has 0 aliphatic heterocycles. The SMILES string of the molecule is C[C@@H](NC(=O)C1C[C@@H]2[C@H](C1)C2(F)F)C(=O)N[C@H](Cc1ccccc1)C(=O)C(=O)NCc1cscn1. The van der Waals surface area contributed by atoms with Crippen molar-refractivity contribution in [2.24, 2.45) is 17.8 Å². The number of benzene rings is 1. The number of Topliss-reactive ketones (excluding diaryl/α,β-unsaturated/α-hetero) is 1. The van der Waals surface area contributed by atoms with Gasteiger partial charge >= 0.3 is 0 Å². The predicted molar refractivity (Wildman–Crippen MR) is 123 cm³/mol. The Labute approximate surface area is 204 Å². The van der Waals surface area contributed by atoms with Crippen molar-refractivity contribution in [3.63, 3.8) is 0 Å². The molecule has 0 saturated heterocycles. The Morgan fingerprint density at radius 1 is 1.11 bits per heavy atom. The molecule has 0 bridgehead atoms. The number of carbonyl (C=O) groups is 4. The van der Waals surface area contributed by atoms with Crippen molar-refractivity contribution in [2.45, 2.75) is 50.7 Å². The monoisotopic (exact) mass is 504 g/mol. The van der Waals surface area contributed by atoms with E-state index in [0.717, 1.165) is 5.56 Å². The van der Waals surface area contributed by atoms with Crippen LogP contribution in [0.15, 0.2) is 41.2 Å².